The van der Waals surface area contributed by atoms with Crippen molar-refractivity contribution in [3.63, 3.8) is 0 Å². The summed E-state index contributed by atoms with van der Waals surface area (Å²) in [6.45, 7) is 2.13. The first kappa shape index (κ1) is 23.9. The molecular formula is C20H32O6. The molecule has 0 radical (unpaired) electrons. The average Bonchev–Trinajstić information content (AvgIpc) is 2.63. The summed E-state index contributed by atoms with van der Waals surface area (Å²) >= 11 is 0. The van der Waals surface area contributed by atoms with E-state index in [4.69, 9.17) is 15.6 Å². The van der Waals surface area contributed by atoms with E-state index in [1.54, 1.807) is 6.08 Å². The highest BCUT2D eigenvalue weighted by Gasteiger charge is 2.01. The SMILES string of the molecule is CCCCC/C(=C\C/C=C\C/C=C\C/C=C(\CCCC(=O)O)OO)OO. The maximum Gasteiger partial charge on any atom is 0.303 e. The monoisotopic (exact) mass is 368 g/mol. The highest BCUT2D eigenvalue weighted by molar-refractivity contribution is 5.66. The molecule has 0 aromatic carbocycles. The third-order valence-electron chi connectivity index (χ3n) is 3.64. The molecule has 0 heterocycles. The Bertz CT molecular complexity index is 477. The van der Waals surface area contributed by atoms with Crippen LogP contribution in [-0.2, 0) is 14.6 Å². The van der Waals surface area contributed by atoms with Gasteiger partial charge in [-0.05, 0) is 44.3 Å². The van der Waals surface area contributed by atoms with Crippen molar-refractivity contribution in [2.75, 3.05) is 0 Å². The quantitative estimate of drug-likeness (QED) is 0.104. The molecule has 0 rings (SSSR count). The Hall–Kier alpha value is -2.05. The van der Waals surface area contributed by atoms with E-state index in [0.29, 0.717) is 37.2 Å². The molecule has 0 aromatic heterocycles. The van der Waals surface area contributed by atoms with E-state index in [1.165, 1.54) is 0 Å². The molecule has 0 saturated heterocycles. The van der Waals surface area contributed by atoms with Crippen LogP contribution in [0.3, 0.4) is 0 Å². The molecule has 0 aliphatic carbocycles. The van der Waals surface area contributed by atoms with Gasteiger partial charge in [0.1, 0.15) is 11.5 Å². The molecule has 6 heteroatoms. The van der Waals surface area contributed by atoms with Crippen LogP contribution in [0.25, 0.3) is 0 Å². The van der Waals surface area contributed by atoms with E-state index in [2.05, 4.69) is 16.7 Å². The lowest BCUT2D eigenvalue weighted by Crippen LogP contribution is -1.95. The molecule has 0 spiro atoms. The fraction of sp³-hybridized carbons (Fsp3) is 0.550. The number of carboxylic acid groups (broad SMARTS) is 1. The molecule has 0 fully saturated rings. The Kier molecular flexibility index (Phi) is 16.4. The fourth-order valence-corrected chi connectivity index (χ4v) is 2.20. The van der Waals surface area contributed by atoms with Crippen molar-refractivity contribution < 1.29 is 30.2 Å². The Morgan fingerprint density at radius 3 is 1.73 bits per heavy atom. The van der Waals surface area contributed by atoms with Crippen LogP contribution in [0.15, 0.2) is 48.0 Å². The van der Waals surface area contributed by atoms with Gasteiger partial charge in [-0.25, -0.2) is 10.5 Å². The zero-order chi connectivity index (χ0) is 19.5. The molecule has 0 atom stereocenters. The van der Waals surface area contributed by atoms with Crippen molar-refractivity contribution in [1.82, 2.24) is 0 Å². The first-order chi connectivity index (χ1) is 12.6. The van der Waals surface area contributed by atoms with Crippen LogP contribution in [0.4, 0.5) is 0 Å². The van der Waals surface area contributed by atoms with Crippen LogP contribution in [0.2, 0.25) is 0 Å². The van der Waals surface area contributed by atoms with Gasteiger partial charge in [0.05, 0.1) is 0 Å². The smallest absolute Gasteiger partial charge is 0.303 e. The van der Waals surface area contributed by atoms with E-state index in [9.17, 15) is 4.79 Å². The Morgan fingerprint density at radius 2 is 1.27 bits per heavy atom. The molecular weight excluding hydrogens is 336 g/mol. The Balaban J connectivity index is 3.97. The molecule has 148 valence electrons. The van der Waals surface area contributed by atoms with E-state index in [0.717, 1.165) is 32.1 Å². The first-order valence-electron chi connectivity index (χ1n) is 9.16. The normalized spacial score (nSPS) is 12.9. The van der Waals surface area contributed by atoms with Crippen LogP contribution in [0.1, 0.15) is 71.1 Å². The molecule has 0 saturated carbocycles. The van der Waals surface area contributed by atoms with Gasteiger partial charge >= 0.3 is 5.97 Å². The zero-order valence-electron chi connectivity index (χ0n) is 15.6. The lowest BCUT2D eigenvalue weighted by atomic mass is 10.1. The van der Waals surface area contributed by atoms with Crippen molar-refractivity contribution in [2.24, 2.45) is 0 Å². The van der Waals surface area contributed by atoms with E-state index >= 15 is 0 Å². The highest BCUT2D eigenvalue weighted by atomic mass is 17.1. The van der Waals surface area contributed by atoms with Crippen molar-refractivity contribution in [3.05, 3.63) is 48.0 Å². The van der Waals surface area contributed by atoms with Crippen molar-refractivity contribution in [2.45, 2.75) is 71.1 Å². The Morgan fingerprint density at radius 1 is 0.769 bits per heavy atom. The van der Waals surface area contributed by atoms with Gasteiger partial charge in [0.15, 0.2) is 0 Å². The third kappa shape index (κ3) is 15.5. The summed E-state index contributed by atoms with van der Waals surface area (Å²) in [6, 6.07) is 0. The van der Waals surface area contributed by atoms with Crippen LogP contribution >= 0.6 is 0 Å². The third-order valence-corrected chi connectivity index (χ3v) is 3.64. The molecule has 0 unspecified atom stereocenters. The predicted molar refractivity (Wildman–Crippen MR) is 101 cm³/mol. The molecule has 0 aromatic rings. The van der Waals surface area contributed by atoms with Crippen LogP contribution in [0, 0.1) is 0 Å². The molecule has 0 aliphatic rings. The summed E-state index contributed by atoms with van der Waals surface area (Å²) in [7, 11) is 0. The average molecular weight is 368 g/mol. The van der Waals surface area contributed by atoms with Crippen molar-refractivity contribution >= 4 is 5.97 Å². The second kappa shape index (κ2) is 17.8. The highest BCUT2D eigenvalue weighted by Crippen LogP contribution is 2.11. The summed E-state index contributed by atoms with van der Waals surface area (Å²) in [5.74, 6) is 0.141. The van der Waals surface area contributed by atoms with Crippen LogP contribution in [-0.4, -0.2) is 21.6 Å². The number of allylic oxidation sites excluding steroid dienone is 8. The van der Waals surface area contributed by atoms with E-state index < -0.39 is 5.97 Å². The molecule has 26 heavy (non-hydrogen) atoms. The second-order valence-electron chi connectivity index (χ2n) is 5.88. The zero-order valence-corrected chi connectivity index (χ0v) is 15.6. The van der Waals surface area contributed by atoms with Crippen LogP contribution in [0.5, 0.6) is 0 Å². The maximum absolute atomic E-state index is 10.4. The maximum atomic E-state index is 10.4. The predicted octanol–water partition coefficient (Wildman–Crippen LogP) is 5.85. The number of rotatable bonds is 16. The minimum Gasteiger partial charge on any atom is -0.481 e. The van der Waals surface area contributed by atoms with Crippen molar-refractivity contribution in [3.8, 4) is 0 Å². The summed E-state index contributed by atoms with van der Waals surface area (Å²) < 4.78 is 0. The molecule has 0 bridgehead atoms. The second-order valence-corrected chi connectivity index (χ2v) is 5.88. The van der Waals surface area contributed by atoms with Crippen molar-refractivity contribution in [1.29, 1.82) is 0 Å². The summed E-state index contributed by atoms with van der Waals surface area (Å²) in [4.78, 5) is 19.0. The number of hydrogen-bond acceptors (Lipinski definition) is 5. The number of carbonyl (C=O) groups is 1. The van der Waals surface area contributed by atoms with Gasteiger partial charge in [-0.1, -0.05) is 44.1 Å². The van der Waals surface area contributed by atoms with Gasteiger partial charge in [0, 0.05) is 19.3 Å². The van der Waals surface area contributed by atoms with Gasteiger partial charge in [-0.15, -0.1) is 0 Å². The van der Waals surface area contributed by atoms with Gasteiger partial charge in [0.2, 0.25) is 0 Å². The molecule has 6 nitrogen and oxygen atoms in total. The van der Waals surface area contributed by atoms with Crippen LogP contribution < -0.4 is 0 Å². The first-order valence-corrected chi connectivity index (χ1v) is 9.16. The Labute approximate surface area is 156 Å². The van der Waals surface area contributed by atoms with Gasteiger partial charge in [-0.2, -0.15) is 0 Å². The van der Waals surface area contributed by atoms with E-state index in [1.807, 2.05) is 30.4 Å². The molecule has 0 amide bonds. The number of unbranched alkanes of at least 4 members (excludes halogenated alkanes) is 2. The van der Waals surface area contributed by atoms with Gasteiger partial charge in [-0.3, -0.25) is 4.79 Å². The topological polar surface area (TPSA) is 96.2 Å². The standard InChI is InChI=1S/C20H32O6/c1-2-3-9-13-18(25-23)14-10-7-5-4-6-8-11-15-19(26-24)16-12-17-20(21)22/h5-8,14-15,23-24H,2-4,9-13,16-17H2,1H3,(H,21,22)/b7-5-,8-6-,18-14+,19-15+. The largest absolute Gasteiger partial charge is 0.481 e. The fourth-order valence-electron chi connectivity index (χ4n) is 2.20. The lowest BCUT2D eigenvalue weighted by Gasteiger charge is -2.01. The summed E-state index contributed by atoms with van der Waals surface area (Å²) in [5, 5.41) is 26.1. The number of carboxylic acids is 1. The van der Waals surface area contributed by atoms with E-state index in [-0.39, 0.29) is 6.42 Å². The summed E-state index contributed by atoms with van der Waals surface area (Å²) in [6.07, 6.45) is 18.6. The number of hydrogen-bond donors (Lipinski definition) is 3. The summed E-state index contributed by atoms with van der Waals surface area (Å²) in [5.41, 5.74) is 0. The minimum atomic E-state index is -0.859. The van der Waals surface area contributed by atoms with Gasteiger partial charge in [0.25, 0.3) is 0 Å². The molecule has 0 aliphatic heterocycles. The number of aliphatic carboxylic acids is 1. The minimum absolute atomic E-state index is 0.0530. The molecule has 3 N–H and O–H groups in total. The van der Waals surface area contributed by atoms with Gasteiger partial charge < -0.3 is 14.9 Å². The lowest BCUT2D eigenvalue weighted by molar-refractivity contribution is -0.206.